The predicted molar refractivity (Wildman–Crippen MR) is 41.0 cm³/mol. The van der Waals surface area contributed by atoms with Gasteiger partial charge in [-0.05, 0) is 6.42 Å². The first-order valence-corrected chi connectivity index (χ1v) is 3.63. The second kappa shape index (κ2) is 3.92. The predicted octanol–water partition coefficient (Wildman–Crippen LogP) is 0.350. The molecule has 0 aliphatic heterocycles. The van der Waals surface area contributed by atoms with Crippen LogP contribution in [0.25, 0.3) is 0 Å². The fourth-order valence-electron chi connectivity index (χ4n) is 0.639. The average molecular weight is 156 g/mol. The van der Waals surface area contributed by atoms with E-state index in [2.05, 4.69) is 22.4 Å². The molecule has 0 saturated heterocycles. The molecular formula is C6H12N4O. The molecule has 5 nitrogen and oxygen atoms in total. The van der Waals surface area contributed by atoms with Crippen LogP contribution in [-0.4, -0.2) is 16.7 Å². The Morgan fingerprint density at radius 1 is 1.55 bits per heavy atom. The van der Waals surface area contributed by atoms with Crippen molar-refractivity contribution in [1.29, 1.82) is 0 Å². The van der Waals surface area contributed by atoms with Crippen LogP contribution < -0.4 is 11.1 Å². The Morgan fingerprint density at radius 3 is 2.91 bits per heavy atom. The Bertz CT molecular complexity index is 210. The van der Waals surface area contributed by atoms with Crippen LogP contribution in [0.3, 0.4) is 0 Å². The summed E-state index contributed by atoms with van der Waals surface area (Å²) in [5.41, 5.74) is 5.27. The van der Waals surface area contributed by atoms with E-state index < -0.39 is 0 Å². The fourth-order valence-corrected chi connectivity index (χ4v) is 0.639. The van der Waals surface area contributed by atoms with Crippen LogP contribution in [0.4, 0.5) is 6.01 Å². The lowest BCUT2D eigenvalue weighted by atomic mass is 10.5. The van der Waals surface area contributed by atoms with Crippen molar-refractivity contribution in [3.63, 3.8) is 0 Å². The van der Waals surface area contributed by atoms with Crippen molar-refractivity contribution in [1.82, 2.24) is 10.2 Å². The van der Waals surface area contributed by atoms with Crippen molar-refractivity contribution >= 4 is 6.01 Å². The Morgan fingerprint density at radius 2 is 2.36 bits per heavy atom. The summed E-state index contributed by atoms with van der Waals surface area (Å²) in [6, 6.07) is 0.451. The minimum absolute atomic E-state index is 0.292. The SMILES string of the molecule is CCCNc1nnc(CN)o1. The summed E-state index contributed by atoms with van der Waals surface area (Å²) >= 11 is 0. The minimum Gasteiger partial charge on any atom is -0.407 e. The van der Waals surface area contributed by atoms with Crippen molar-refractivity contribution in [2.45, 2.75) is 19.9 Å². The van der Waals surface area contributed by atoms with Crippen LogP contribution >= 0.6 is 0 Å². The van der Waals surface area contributed by atoms with E-state index in [-0.39, 0.29) is 0 Å². The number of hydrogen-bond acceptors (Lipinski definition) is 5. The van der Waals surface area contributed by atoms with Crippen LogP contribution in [0, 0.1) is 0 Å². The summed E-state index contributed by atoms with van der Waals surface area (Å²) in [4.78, 5) is 0. The second-order valence-corrected chi connectivity index (χ2v) is 2.13. The quantitative estimate of drug-likeness (QED) is 0.657. The van der Waals surface area contributed by atoms with Gasteiger partial charge in [0, 0.05) is 6.54 Å². The molecule has 0 aromatic carbocycles. The van der Waals surface area contributed by atoms with Crippen LogP contribution in [0.2, 0.25) is 0 Å². The highest BCUT2D eigenvalue weighted by atomic mass is 16.4. The number of nitrogens with two attached hydrogens (primary N) is 1. The van der Waals surface area contributed by atoms with Gasteiger partial charge in [0.05, 0.1) is 6.54 Å². The molecule has 1 rings (SSSR count). The normalized spacial score (nSPS) is 10.0. The lowest BCUT2D eigenvalue weighted by molar-refractivity contribution is 0.507. The number of aromatic nitrogens is 2. The molecule has 0 saturated carbocycles. The third kappa shape index (κ3) is 2.19. The lowest BCUT2D eigenvalue weighted by Gasteiger charge is -1.94. The van der Waals surface area contributed by atoms with Gasteiger partial charge in [0.1, 0.15) is 0 Å². The summed E-state index contributed by atoms with van der Waals surface area (Å²) in [6.07, 6.45) is 1.03. The van der Waals surface area contributed by atoms with E-state index in [1.807, 2.05) is 0 Å². The van der Waals surface area contributed by atoms with Gasteiger partial charge in [-0.15, -0.1) is 5.10 Å². The minimum atomic E-state index is 0.292. The maximum atomic E-state index is 5.27. The first kappa shape index (κ1) is 8.00. The van der Waals surface area contributed by atoms with Crippen molar-refractivity contribution < 1.29 is 4.42 Å². The number of hydrogen-bond donors (Lipinski definition) is 2. The third-order valence-corrected chi connectivity index (χ3v) is 1.17. The molecule has 0 aliphatic carbocycles. The standard InChI is InChI=1S/C6H12N4O/c1-2-3-8-6-10-9-5(4-7)11-6/h2-4,7H2,1H3,(H,8,10). The summed E-state index contributed by atoms with van der Waals surface area (Å²) in [5, 5.41) is 10.4. The first-order chi connectivity index (χ1) is 5.36. The van der Waals surface area contributed by atoms with Gasteiger partial charge in [0.15, 0.2) is 0 Å². The summed E-state index contributed by atoms with van der Waals surface area (Å²) in [7, 11) is 0. The zero-order valence-corrected chi connectivity index (χ0v) is 6.50. The zero-order valence-electron chi connectivity index (χ0n) is 6.50. The topological polar surface area (TPSA) is 77.0 Å². The molecule has 0 amide bonds. The molecule has 11 heavy (non-hydrogen) atoms. The van der Waals surface area contributed by atoms with Crippen molar-refractivity contribution in [3.05, 3.63) is 5.89 Å². The van der Waals surface area contributed by atoms with Crippen LogP contribution in [-0.2, 0) is 6.54 Å². The van der Waals surface area contributed by atoms with Crippen molar-refractivity contribution in [2.75, 3.05) is 11.9 Å². The van der Waals surface area contributed by atoms with Crippen LogP contribution in [0.1, 0.15) is 19.2 Å². The molecule has 0 atom stereocenters. The average Bonchev–Trinajstić information content (AvgIpc) is 2.48. The Balaban J connectivity index is 2.44. The maximum Gasteiger partial charge on any atom is 0.315 e. The van der Waals surface area contributed by atoms with Crippen molar-refractivity contribution in [3.8, 4) is 0 Å². The molecule has 1 aromatic rings. The summed E-state index contributed by atoms with van der Waals surface area (Å²) in [5.74, 6) is 0.462. The monoisotopic (exact) mass is 156 g/mol. The Labute approximate surface area is 65.0 Å². The van der Waals surface area contributed by atoms with Crippen molar-refractivity contribution in [2.24, 2.45) is 5.73 Å². The van der Waals surface area contributed by atoms with Gasteiger partial charge in [-0.3, -0.25) is 0 Å². The van der Waals surface area contributed by atoms with Gasteiger partial charge in [-0.2, -0.15) is 0 Å². The Hall–Kier alpha value is -1.10. The van der Waals surface area contributed by atoms with Crippen LogP contribution in [0.15, 0.2) is 4.42 Å². The molecule has 0 bridgehead atoms. The summed E-state index contributed by atoms with van der Waals surface area (Å²) in [6.45, 7) is 3.19. The smallest absolute Gasteiger partial charge is 0.315 e. The highest BCUT2D eigenvalue weighted by Gasteiger charge is 2.00. The molecule has 62 valence electrons. The van der Waals surface area contributed by atoms with Gasteiger partial charge in [-0.25, -0.2) is 0 Å². The maximum absolute atomic E-state index is 5.27. The molecule has 0 fully saturated rings. The third-order valence-electron chi connectivity index (χ3n) is 1.17. The van der Waals surface area contributed by atoms with Gasteiger partial charge >= 0.3 is 6.01 Å². The van der Waals surface area contributed by atoms with E-state index in [0.29, 0.717) is 18.5 Å². The van der Waals surface area contributed by atoms with Gasteiger partial charge in [-0.1, -0.05) is 12.0 Å². The first-order valence-electron chi connectivity index (χ1n) is 3.63. The molecule has 5 heteroatoms. The number of nitrogens with zero attached hydrogens (tertiary/aromatic N) is 2. The highest BCUT2D eigenvalue weighted by molar-refractivity contribution is 5.15. The molecule has 3 N–H and O–H groups in total. The van der Waals surface area contributed by atoms with Gasteiger partial charge in [0.2, 0.25) is 5.89 Å². The van der Waals surface area contributed by atoms with E-state index in [1.54, 1.807) is 0 Å². The molecule has 1 aromatic heterocycles. The van der Waals surface area contributed by atoms with Gasteiger partial charge < -0.3 is 15.5 Å². The Kier molecular flexibility index (Phi) is 2.85. The molecule has 0 radical (unpaired) electrons. The zero-order chi connectivity index (χ0) is 8.10. The molecule has 0 unspecified atom stereocenters. The van der Waals surface area contributed by atoms with E-state index in [9.17, 15) is 0 Å². The molecule has 0 aliphatic rings. The van der Waals surface area contributed by atoms with E-state index in [0.717, 1.165) is 13.0 Å². The molecular weight excluding hydrogens is 144 g/mol. The fraction of sp³-hybridized carbons (Fsp3) is 0.667. The van der Waals surface area contributed by atoms with Crippen LogP contribution in [0.5, 0.6) is 0 Å². The number of anilines is 1. The van der Waals surface area contributed by atoms with Gasteiger partial charge in [0.25, 0.3) is 0 Å². The molecule has 0 spiro atoms. The van der Waals surface area contributed by atoms with E-state index in [4.69, 9.17) is 10.2 Å². The molecule has 1 heterocycles. The second-order valence-electron chi connectivity index (χ2n) is 2.13. The van der Waals surface area contributed by atoms with E-state index >= 15 is 0 Å². The summed E-state index contributed by atoms with van der Waals surface area (Å²) < 4.78 is 5.08. The lowest BCUT2D eigenvalue weighted by Crippen LogP contribution is -1.99. The van der Waals surface area contributed by atoms with E-state index in [1.165, 1.54) is 0 Å². The largest absolute Gasteiger partial charge is 0.407 e. The highest BCUT2D eigenvalue weighted by Crippen LogP contribution is 2.03. The number of nitrogens with one attached hydrogen (secondary N) is 1. The number of rotatable bonds is 4.